The molecule has 1 atom stereocenters. The van der Waals surface area contributed by atoms with E-state index in [9.17, 15) is 0 Å². The van der Waals surface area contributed by atoms with Crippen LogP contribution in [0, 0.1) is 12.8 Å². The highest BCUT2D eigenvalue weighted by Crippen LogP contribution is 2.35. The number of anilines is 1. The molecule has 1 aromatic carbocycles. The molecule has 0 aliphatic heterocycles. The molecule has 0 amide bonds. The molecule has 0 aliphatic rings. The van der Waals surface area contributed by atoms with Gasteiger partial charge in [0.1, 0.15) is 0 Å². The molecule has 3 rings (SSSR count). The molecule has 20 heavy (non-hydrogen) atoms. The normalized spacial score (nSPS) is 13.2. The van der Waals surface area contributed by atoms with E-state index in [2.05, 4.69) is 66.0 Å². The van der Waals surface area contributed by atoms with Crippen molar-refractivity contribution in [3.63, 3.8) is 0 Å². The number of nitrogens with two attached hydrogens (primary N) is 1. The van der Waals surface area contributed by atoms with Gasteiger partial charge in [-0.2, -0.15) is 0 Å². The van der Waals surface area contributed by atoms with Crippen LogP contribution in [0.2, 0.25) is 0 Å². The van der Waals surface area contributed by atoms with Gasteiger partial charge in [0.2, 0.25) is 5.95 Å². The van der Waals surface area contributed by atoms with Crippen LogP contribution >= 0.6 is 11.3 Å². The van der Waals surface area contributed by atoms with Crippen LogP contribution in [0.1, 0.15) is 30.3 Å². The highest BCUT2D eigenvalue weighted by molar-refractivity contribution is 7.10. The summed E-state index contributed by atoms with van der Waals surface area (Å²) >= 11 is 1.77. The van der Waals surface area contributed by atoms with Gasteiger partial charge >= 0.3 is 0 Å². The van der Waals surface area contributed by atoms with Gasteiger partial charge in [-0.15, -0.1) is 11.3 Å². The molecule has 3 nitrogen and oxygen atoms in total. The fourth-order valence-electron chi connectivity index (χ4n) is 2.73. The number of nitrogens with zero attached hydrogens (tertiary/aromatic N) is 2. The fourth-order valence-corrected chi connectivity index (χ4v) is 3.72. The minimum absolute atomic E-state index is 0.239. The van der Waals surface area contributed by atoms with E-state index in [1.54, 1.807) is 11.3 Å². The van der Waals surface area contributed by atoms with Gasteiger partial charge in [-0.25, -0.2) is 4.98 Å². The summed E-state index contributed by atoms with van der Waals surface area (Å²) < 4.78 is 2.17. The van der Waals surface area contributed by atoms with Crippen molar-refractivity contribution in [1.29, 1.82) is 0 Å². The maximum atomic E-state index is 6.20. The van der Waals surface area contributed by atoms with E-state index >= 15 is 0 Å². The number of nitrogen functional groups attached to an aromatic ring is 1. The van der Waals surface area contributed by atoms with Gasteiger partial charge in [0, 0.05) is 4.88 Å². The first-order chi connectivity index (χ1) is 9.58. The average molecular weight is 285 g/mol. The van der Waals surface area contributed by atoms with Gasteiger partial charge in [0.15, 0.2) is 0 Å². The Morgan fingerprint density at radius 3 is 2.70 bits per heavy atom. The molecule has 0 spiro atoms. The molecule has 0 bridgehead atoms. The van der Waals surface area contributed by atoms with Gasteiger partial charge in [0.05, 0.1) is 17.1 Å². The van der Waals surface area contributed by atoms with E-state index in [1.165, 1.54) is 10.4 Å². The number of hydrogen-bond donors (Lipinski definition) is 1. The van der Waals surface area contributed by atoms with Crippen molar-refractivity contribution in [1.82, 2.24) is 9.55 Å². The molecular formula is C16H19N3S. The SMILES string of the molecule is Cc1ccc2c(c1)nc(N)n2C(c1cccs1)C(C)C. The largest absolute Gasteiger partial charge is 0.369 e. The number of aromatic nitrogens is 2. The zero-order valence-corrected chi connectivity index (χ0v) is 12.8. The molecule has 0 saturated heterocycles. The second-order valence-electron chi connectivity index (χ2n) is 5.54. The topological polar surface area (TPSA) is 43.8 Å². The molecule has 3 aromatic rings. The van der Waals surface area contributed by atoms with Gasteiger partial charge in [-0.1, -0.05) is 26.0 Å². The molecule has 0 aliphatic carbocycles. The Morgan fingerprint density at radius 1 is 1.25 bits per heavy atom. The number of aryl methyl sites for hydroxylation is 1. The Kier molecular flexibility index (Phi) is 3.26. The lowest BCUT2D eigenvalue weighted by Gasteiger charge is -2.23. The smallest absolute Gasteiger partial charge is 0.201 e. The zero-order valence-electron chi connectivity index (χ0n) is 12.0. The van der Waals surface area contributed by atoms with Gasteiger partial charge < -0.3 is 10.3 Å². The van der Waals surface area contributed by atoms with Crippen molar-refractivity contribution in [2.75, 3.05) is 5.73 Å². The summed E-state index contributed by atoms with van der Waals surface area (Å²) in [6.45, 7) is 6.53. The number of rotatable bonds is 3. The molecular weight excluding hydrogens is 266 g/mol. The van der Waals surface area contributed by atoms with Crippen molar-refractivity contribution < 1.29 is 0 Å². The van der Waals surface area contributed by atoms with Crippen LogP contribution in [0.4, 0.5) is 5.95 Å². The first kappa shape index (κ1) is 13.2. The van der Waals surface area contributed by atoms with E-state index < -0.39 is 0 Å². The molecule has 4 heteroatoms. The molecule has 2 heterocycles. The second-order valence-corrected chi connectivity index (χ2v) is 6.52. The Balaban J connectivity index is 2.23. The Bertz CT molecular complexity index is 726. The summed E-state index contributed by atoms with van der Waals surface area (Å²) in [4.78, 5) is 5.86. The summed E-state index contributed by atoms with van der Waals surface area (Å²) in [5.74, 6) is 1.05. The zero-order chi connectivity index (χ0) is 14.3. The predicted octanol–water partition coefficient (Wildman–Crippen LogP) is 4.23. The van der Waals surface area contributed by atoms with Crippen molar-refractivity contribution in [3.05, 3.63) is 46.2 Å². The number of benzene rings is 1. The summed E-state index contributed by atoms with van der Waals surface area (Å²) in [7, 11) is 0. The van der Waals surface area contributed by atoms with Crippen LogP contribution in [0.5, 0.6) is 0 Å². The van der Waals surface area contributed by atoms with E-state index in [4.69, 9.17) is 5.73 Å². The van der Waals surface area contributed by atoms with Crippen molar-refractivity contribution in [3.8, 4) is 0 Å². The summed E-state index contributed by atoms with van der Waals surface area (Å²) in [6.07, 6.45) is 0. The molecule has 0 radical (unpaired) electrons. The number of hydrogen-bond acceptors (Lipinski definition) is 3. The van der Waals surface area contributed by atoms with Gasteiger partial charge in [0.25, 0.3) is 0 Å². The highest BCUT2D eigenvalue weighted by Gasteiger charge is 2.23. The van der Waals surface area contributed by atoms with Gasteiger partial charge in [-0.3, -0.25) is 0 Å². The lowest BCUT2D eigenvalue weighted by molar-refractivity contribution is 0.457. The number of imidazole rings is 1. The van der Waals surface area contributed by atoms with Crippen LogP contribution in [0.15, 0.2) is 35.7 Å². The molecule has 2 aromatic heterocycles. The monoisotopic (exact) mass is 285 g/mol. The Hall–Kier alpha value is -1.81. The van der Waals surface area contributed by atoms with Crippen molar-refractivity contribution in [2.45, 2.75) is 26.8 Å². The summed E-state index contributed by atoms with van der Waals surface area (Å²) in [5.41, 5.74) is 9.50. The van der Waals surface area contributed by atoms with E-state index in [-0.39, 0.29) is 6.04 Å². The van der Waals surface area contributed by atoms with Crippen molar-refractivity contribution >= 4 is 28.3 Å². The molecule has 104 valence electrons. The van der Waals surface area contributed by atoms with E-state index in [1.807, 2.05) is 0 Å². The van der Waals surface area contributed by atoms with Crippen LogP contribution < -0.4 is 5.73 Å². The highest BCUT2D eigenvalue weighted by atomic mass is 32.1. The van der Waals surface area contributed by atoms with Crippen LogP contribution in [0.25, 0.3) is 11.0 Å². The third-order valence-electron chi connectivity index (χ3n) is 3.62. The molecule has 0 fully saturated rings. The minimum Gasteiger partial charge on any atom is -0.369 e. The predicted molar refractivity (Wildman–Crippen MR) is 86.2 cm³/mol. The lowest BCUT2D eigenvalue weighted by atomic mass is 10.0. The van der Waals surface area contributed by atoms with Crippen LogP contribution in [0.3, 0.4) is 0 Å². The fraction of sp³-hybridized carbons (Fsp3) is 0.312. The summed E-state index contributed by atoms with van der Waals surface area (Å²) in [6, 6.07) is 10.8. The maximum absolute atomic E-state index is 6.20. The van der Waals surface area contributed by atoms with E-state index in [0.29, 0.717) is 11.9 Å². The number of fused-ring (bicyclic) bond motifs is 1. The first-order valence-electron chi connectivity index (χ1n) is 6.85. The molecule has 2 N–H and O–H groups in total. The van der Waals surface area contributed by atoms with Crippen LogP contribution in [-0.2, 0) is 0 Å². The summed E-state index contributed by atoms with van der Waals surface area (Å²) in [5, 5.41) is 2.12. The maximum Gasteiger partial charge on any atom is 0.201 e. The Labute approximate surface area is 123 Å². The lowest BCUT2D eigenvalue weighted by Crippen LogP contribution is -2.17. The van der Waals surface area contributed by atoms with Gasteiger partial charge in [-0.05, 0) is 42.0 Å². The van der Waals surface area contributed by atoms with Crippen LogP contribution in [-0.4, -0.2) is 9.55 Å². The third kappa shape index (κ3) is 2.10. The average Bonchev–Trinajstić information content (AvgIpc) is 2.98. The quantitative estimate of drug-likeness (QED) is 0.782. The van der Waals surface area contributed by atoms with Crippen molar-refractivity contribution in [2.24, 2.45) is 5.92 Å². The first-order valence-corrected chi connectivity index (χ1v) is 7.73. The Morgan fingerprint density at radius 2 is 2.05 bits per heavy atom. The molecule has 1 unspecified atom stereocenters. The standard InChI is InChI=1S/C16H19N3S/c1-10(2)15(14-5-4-8-20-14)19-13-7-6-11(3)9-12(13)18-16(19)17/h4-10,15H,1-3H3,(H2,17,18). The third-order valence-corrected chi connectivity index (χ3v) is 4.56. The minimum atomic E-state index is 0.239. The number of thiophene rings is 1. The second kappa shape index (κ2) is 4.94. The van der Waals surface area contributed by atoms with E-state index in [0.717, 1.165) is 11.0 Å². The molecule has 0 saturated carbocycles.